The number of nitrogen functional groups attached to an aromatic ring is 1. The van der Waals surface area contributed by atoms with Gasteiger partial charge in [0.1, 0.15) is 5.15 Å². The molecule has 2 heterocycles. The second kappa shape index (κ2) is 4.72. The van der Waals surface area contributed by atoms with Crippen LogP contribution < -0.4 is 5.73 Å². The largest absolute Gasteiger partial charge is 0.369 e. The van der Waals surface area contributed by atoms with E-state index < -0.39 is 0 Å². The van der Waals surface area contributed by atoms with Gasteiger partial charge in [-0.15, -0.1) is 0 Å². The summed E-state index contributed by atoms with van der Waals surface area (Å²) in [4.78, 5) is 7.92. The molecule has 6 heteroatoms. The average Bonchev–Trinajstić information content (AvgIpc) is 2.66. The van der Waals surface area contributed by atoms with Crippen molar-refractivity contribution < 1.29 is 0 Å². The van der Waals surface area contributed by atoms with Crippen LogP contribution in [0.4, 0.5) is 5.95 Å². The van der Waals surface area contributed by atoms with E-state index in [1.54, 1.807) is 12.4 Å². The van der Waals surface area contributed by atoms with Crippen molar-refractivity contribution in [3.8, 4) is 0 Å². The van der Waals surface area contributed by atoms with Crippen LogP contribution in [0.15, 0.2) is 24.7 Å². The van der Waals surface area contributed by atoms with Gasteiger partial charge in [-0.25, -0.2) is 9.97 Å². The maximum Gasteiger partial charge on any atom is 0.200 e. The molecule has 0 amide bonds. The van der Waals surface area contributed by atoms with E-state index in [9.17, 15) is 0 Å². The van der Waals surface area contributed by atoms with Crippen molar-refractivity contribution in [3.63, 3.8) is 0 Å². The maximum atomic E-state index is 5.87. The van der Waals surface area contributed by atoms with Gasteiger partial charge in [-0.1, -0.05) is 23.2 Å². The molecule has 0 aliphatic heterocycles. The van der Waals surface area contributed by atoms with Gasteiger partial charge in [0.05, 0.1) is 5.02 Å². The van der Waals surface area contributed by atoms with Gasteiger partial charge in [-0.05, 0) is 18.1 Å². The highest BCUT2D eigenvalue weighted by molar-refractivity contribution is 6.41. The standard InChI is InChI=1S/C10H10Cl2N4/c11-8-5-7(6-15-9(8)12)1-3-16-4-2-14-10(16)13/h2,4-6H,1,3H2,(H2,13,14). The third kappa shape index (κ3) is 2.46. The summed E-state index contributed by atoms with van der Waals surface area (Å²) in [6.45, 7) is 0.742. The van der Waals surface area contributed by atoms with Crippen molar-refractivity contribution in [2.45, 2.75) is 13.0 Å². The zero-order chi connectivity index (χ0) is 11.5. The summed E-state index contributed by atoms with van der Waals surface area (Å²) in [6, 6.07) is 1.81. The minimum atomic E-state index is 0.326. The summed E-state index contributed by atoms with van der Waals surface area (Å²) in [5.41, 5.74) is 6.66. The highest BCUT2D eigenvalue weighted by Gasteiger charge is 2.02. The first-order valence-electron chi connectivity index (χ1n) is 4.73. The van der Waals surface area contributed by atoms with Crippen LogP contribution in [-0.2, 0) is 13.0 Å². The normalized spacial score (nSPS) is 10.6. The molecule has 0 aliphatic rings. The quantitative estimate of drug-likeness (QED) is 0.859. The van der Waals surface area contributed by atoms with Crippen LogP contribution in [0, 0.1) is 0 Å². The lowest BCUT2D eigenvalue weighted by atomic mass is 10.2. The number of aryl methyl sites for hydroxylation is 2. The molecule has 0 unspecified atom stereocenters. The van der Waals surface area contributed by atoms with Crippen molar-refractivity contribution >= 4 is 29.2 Å². The first-order chi connectivity index (χ1) is 7.66. The monoisotopic (exact) mass is 256 g/mol. The fourth-order valence-electron chi connectivity index (χ4n) is 1.38. The third-order valence-corrected chi connectivity index (χ3v) is 2.93. The molecule has 2 N–H and O–H groups in total. The van der Waals surface area contributed by atoms with Crippen LogP contribution in [0.5, 0.6) is 0 Å². The molecule has 2 aromatic heterocycles. The number of rotatable bonds is 3. The van der Waals surface area contributed by atoms with Gasteiger partial charge in [0.25, 0.3) is 0 Å². The summed E-state index contributed by atoms with van der Waals surface area (Å²) in [5.74, 6) is 0.507. The molecule has 0 aliphatic carbocycles. The van der Waals surface area contributed by atoms with Gasteiger partial charge in [0.15, 0.2) is 5.95 Å². The number of halogens is 2. The minimum absolute atomic E-state index is 0.326. The number of nitrogens with two attached hydrogens (primary N) is 1. The molecule has 4 nitrogen and oxygen atoms in total. The zero-order valence-electron chi connectivity index (χ0n) is 8.40. The lowest BCUT2D eigenvalue weighted by molar-refractivity contribution is 0.704. The molecule has 2 aromatic rings. The van der Waals surface area contributed by atoms with Crippen LogP contribution in [0.2, 0.25) is 10.2 Å². The van der Waals surface area contributed by atoms with Gasteiger partial charge < -0.3 is 10.3 Å². The Labute approximate surface area is 103 Å². The van der Waals surface area contributed by atoms with E-state index in [1.807, 2.05) is 16.8 Å². The van der Waals surface area contributed by atoms with Crippen molar-refractivity contribution in [2.24, 2.45) is 0 Å². The molecular weight excluding hydrogens is 247 g/mol. The van der Waals surface area contributed by atoms with E-state index in [-0.39, 0.29) is 0 Å². The van der Waals surface area contributed by atoms with Crippen LogP contribution in [0.25, 0.3) is 0 Å². The molecule has 0 saturated carbocycles. The molecule has 0 atom stereocenters. The third-order valence-electron chi connectivity index (χ3n) is 2.24. The smallest absolute Gasteiger partial charge is 0.200 e. The Kier molecular flexibility index (Phi) is 3.31. The summed E-state index contributed by atoms with van der Waals surface area (Å²) >= 11 is 11.6. The number of anilines is 1. The van der Waals surface area contributed by atoms with Gasteiger partial charge >= 0.3 is 0 Å². The Balaban J connectivity index is 2.05. The molecule has 0 aromatic carbocycles. The number of aromatic nitrogens is 3. The van der Waals surface area contributed by atoms with E-state index in [1.165, 1.54) is 0 Å². The van der Waals surface area contributed by atoms with E-state index >= 15 is 0 Å². The summed E-state index contributed by atoms with van der Waals surface area (Å²) in [5, 5.41) is 0.797. The molecule has 0 bridgehead atoms. The van der Waals surface area contributed by atoms with E-state index in [4.69, 9.17) is 28.9 Å². The van der Waals surface area contributed by atoms with Gasteiger partial charge in [0.2, 0.25) is 0 Å². The average molecular weight is 257 g/mol. The fraction of sp³-hybridized carbons (Fsp3) is 0.200. The Morgan fingerprint density at radius 1 is 1.31 bits per heavy atom. The SMILES string of the molecule is Nc1nccn1CCc1cnc(Cl)c(Cl)c1. The van der Waals surface area contributed by atoms with E-state index in [0.29, 0.717) is 16.1 Å². The van der Waals surface area contributed by atoms with Crippen LogP contribution >= 0.6 is 23.2 Å². The Morgan fingerprint density at radius 3 is 2.75 bits per heavy atom. The molecule has 0 fully saturated rings. The second-order valence-electron chi connectivity index (χ2n) is 3.35. The molecule has 2 rings (SSSR count). The zero-order valence-corrected chi connectivity index (χ0v) is 9.91. The Hall–Kier alpha value is -1.26. The first kappa shape index (κ1) is 11.2. The van der Waals surface area contributed by atoms with Crippen molar-refractivity contribution in [1.82, 2.24) is 14.5 Å². The highest BCUT2D eigenvalue weighted by Crippen LogP contribution is 2.20. The number of hydrogen-bond acceptors (Lipinski definition) is 3. The van der Waals surface area contributed by atoms with Gasteiger partial charge in [0, 0.05) is 25.1 Å². The fourth-order valence-corrected chi connectivity index (χ4v) is 1.67. The molecule has 16 heavy (non-hydrogen) atoms. The summed E-state index contributed by atoms with van der Waals surface area (Å²) in [6.07, 6.45) is 5.99. The van der Waals surface area contributed by atoms with Crippen molar-refractivity contribution in [3.05, 3.63) is 40.4 Å². The molecule has 84 valence electrons. The number of imidazole rings is 1. The van der Waals surface area contributed by atoms with E-state index in [0.717, 1.165) is 18.5 Å². The lowest BCUT2D eigenvalue weighted by Crippen LogP contribution is -2.04. The predicted molar refractivity (Wildman–Crippen MR) is 64.6 cm³/mol. The minimum Gasteiger partial charge on any atom is -0.369 e. The van der Waals surface area contributed by atoms with Crippen molar-refractivity contribution in [2.75, 3.05) is 5.73 Å². The second-order valence-corrected chi connectivity index (χ2v) is 4.11. The molecule has 0 spiro atoms. The van der Waals surface area contributed by atoms with Gasteiger partial charge in [-0.2, -0.15) is 0 Å². The molecule has 0 saturated heterocycles. The summed E-state index contributed by atoms with van der Waals surface area (Å²) < 4.78 is 1.86. The summed E-state index contributed by atoms with van der Waals surface area (Å²) in [7, 11) is 0. The predicted octanol–water partition coefficient (Wildman–Crippen LogP) is 2.41. The number of hydrogen-bond donors (Lipinski definition) is 1. The lowest BCUT2D eigenvalue weighted by Gasteiger charge is -2.05. The first-order valence-corrected chi connectivity index (χ1v) is 5.49. The topological polar surface area (TPSA) is 56.7 Å². The van der Waals surface area contributed by atoms with Gasteiger partial charge in [-0.3, -0.25) is 0 Å². The van der Waals surface area contributed by atoms with E-state index in [2.05, 4.69) is 9.97 Å². The van der Waals surface area contributed by atoms with Crippen LogP contribution in [0.3, 0.4) is 0 Å². The maximum absolute atomic E-state index is 5.87. The van der Waals surface area contributed by atoms with Crippen LogP contribution in [0.1, 0.15) is 5.56 Å². The molecular formula is C10H10Cl2N4. The van der Waals surface area contributed by atoms with Crippen LogP contribution in [-0.4, -0.2) is 14.5 Å². The van der Waals surface area contributed by atoms with Crippen molar-refractivity contribution in [1.29, 1.82) is 0 Å². The molecule has 0 radical (unpaired) electrons. The highest BCUT2D eigenvalue weighted by atomic mass is 35.5. The Bertz CT molecular complexity index is 495. The number of pyridine rings is 1. The Morgan fingerprint density at radius 2 is 2.12 bits per heavy atom. The number of nitrogens with zero attached hydrogens (tertiary/aromatic N) is 3.